The third-order valence-corrected chi connectivity index (χ3v) is 4.63. The van der Waals surface area contributed by atoms with Crippen LogP contribution >= 0.6 is 0 Å². The number of nitriles is 1. The fourth-order valence-corrected chi connectivity index (χ4v) is 3.23. The molecular weight excluding hydrogens is 308 g/mol. The van der Waals surface area contributed by atoms with E-state index in [9.17, 15) is 10.1 Å². The molecule has 0 bridgehead atoms. The molecule has 0 aromatic heterocycles. The number of rotatable bonds is 7. The van der Waals surface area contributed by atoms with Gasteiger partial charge < -0.3 is 4.90 Å². The number of allylic oxidation sites excluding steroid dienone is 1. The van der Waals surface area contributed by atoms with Crippen molar-refractivity contribution in [2.45, 2.75) is 24.2 Å². The van der Waals surface area contributed by atoms with E-state index in [0.717, 1.165) is 11.1 Å². The first-order chi connectivity index (χ1) is 12.0. The van der Waals surface area contributed by atoms with E-state index in [0.29, 0.717) is 6.42 Å². The number of benzene rings is 2. The largest absolute Gasteiger partial charge is 0.349 e. The van der Waals surface area contributed by atoms with Gasteiger partial charge in [-0.15, -0.1) is 6.58 Å². The van der Waals surface area contributed by atoms with Crippen LogP contribution in [0.1, 0.15) is 29.9 Å². The number of amides is 1. The third-order valence-electron chi connectivity index (χ3n) is 4.63. The molecule has 0 aliphatic rings. The molecule has 1 amide bonds. The van der Waals surface area contributed by atoms with Crippen molar-refractivity contribution in [3.8, 4) is 6.07 Å². The van der Waals surface area contributed by atoms with Crippen LogP contribution in [0.5, 0.6) is 0 Å². The summed E-state index contributed by atoms with van der Waals surface area (Å²) in [5, 5.41) is 10.2. The molecule has 0 spiro atoms. The van der Waals surface area contributed by atoms with Crippen molar-refractivity contribution in [2.24, 2.45) is 0 Å². The minimum Gasteiger partial charge on any atom is -0.349 e. The monoisotopic (exact) mass is 332 g/mol. The number of carbonyl (C=O) groups is 1. The van der Waals surface area contributed by atoms with Crippen molar-refractivity contribution in [3.05, 3.63) is 84.4 Å². The Hall–Kier alpha value is -2.86. The van der Waals surface area contributed by atoms with Crippen LogP contribution in [0.4, 0.5) is 0 Å². The van der Waals surface area contributed by atoms with Gasteiger partial charge in [0, 0.05) is 26.4 Å². The summed E-state index contributed by atoms with van der Waals surface area (Å²) in [5.41, 5.74) is 1.07. The van der Waals surface area contributed by atoms with Crippen LogP contribution in [0.25, 0.3) is 0 Å². The van der Waals surface area contributed by atoms with E-state index < -0.39 is 5.41 Å². The zero-order valence-electron chi connectivity index (χ0n) is 14.9. The molecule has 0 N–H and O–H groups in total. The predicted molar refractivity (Wildman–Crippen MR) is 101 cm³/mol. The van der Waals surface area contributed by atoms with E-state index in [1.807, 2.05) is 60.7 Å². The van der Waals surface area contributed by atoms with Crippen molar-refractivity contribution >= 4 is 5.91 Å². The highest BCUT2D eigenvalue weighted by atomic mass is 16.2. The summed E-state index contributed by atoms with van der Waals surface area (Å²) in [6.07, 6.45) is 2.52. The van der Waals surface area contributed by atoms with Crippen LogP contribution in [0.3, 0.4) is 0 Å². The molecule has 0 aliphatic carbocycles. The normalized spacial score (nSPS) is 14.0. The Kier molecular flexibility index (Phi) is 6.14. The highest BCUT2D eigenvalue weighted by molar-refractivity contribution is 5.77. The maximum absolute atomic E-state index is 12.5. The summed E-state index contributed by atoms with van der Waals surface area (Å²) < 4.78 is 0. The fraction of sp³-hybridized carbons (Fsp3) is 0.273. The molecule has 0 unspecified atom stereocenters. The molecule has 0 saturated carbocycles. The fourth-order valence-electron chi connectivity index (χ4n) is 3.23. The Morgan fingerprint density at radius 3 is 2.20 bits per heavy atom. The molecule has 3 heteroatoms. The first-order valence-corrected chi connectivity index (χ1v) is 8.38. The smallest absolute Gasteiger partial charge is 0.222 e. The first kappa shape index (κ1) is 18.5. The van der Waals surface area contributed by atoms with Crippen molar-refractivity contribution in [3.63, 3.8) is 0 Å². The van der Waals surface area contributed by atoms with Gasteiger partial charge in [-0.05, 0) is 17.5 Å². The second kappa shape index (κ2) is 8.30. The van der Waals surface area contributed by atoms with Gasteiger partial charge in [-0.3, -0.25) is 4.79 Å². The van der Waals surface area contributed by atoms with Crippen LogP contribution < -0.4 is 0 Å². The Labute approximate surface area is 150 Å². The highest BCUT2D eigenvalue weighted by Crippen LogP contribution is 2.44. The van der Waals surface area contributed by atoms with Crippen molar-refractivity contribution in [1.82, 2.24) is 4.90 Å². The number of hydrogen-bond acceptors (Lipinski definition) is 2. The van der Waals surface area contributed by atoms with Gasteiger partial charge in [0.2, 0.25) is 5.91 Å². The molecule has 3 nitrogen and oxygen atoms in total. The van der Waals surface area contributed by atoms with Crippen LogP contribution in [-0.2, 0) is 10.2 Å². The lowest BCUT2D eigenvalue weighted by Gasteiger charge is -2.35. The summed E-state index contributed by atoms with van der Waals surface area (Å²) in [4.78, 5) is 14.1. The molecule has 2 rings (SSSR count). The molecule has 128 valence electrons. The lowest BCUT2D eigenvalue weighted by atomic mass is 9.65. The van der Waals surface area contributed by atoms with Crippen LogP contribution in [0.15, 0.2) is 73.3 Å². The molecule has 0 aliphatic heterocycles. The second-order valence-electron chi connectivity index (χ2n) is 6.40. The average Bonchev–Trinajstić information content (AvgIpc) is 2.65. The predicted octanol–water partition coefficient (Wildman–Crippen LogP) is 4.29. The lowest BCUT2D eigenvalue weighted by molar-refractivity contribution is -0.129. The molecule has 0 radical (unpaired) electrons. The lowest BCUT2D eigenvalue weighted by Crippen LogP contribution is -2.36. The van der Waals surface area contributed by atoms with E-state index in [4.69, 9.17) is 0 Å². The summed E-state index contributed by atoms with van der Waals surface area (Å²) in [6, 6.07) is 22.1. The first-order valence-electron chi connectivity index (χ1n) is 8.38. The standard InChI is InChI=1S/C22H24N2O/c1-4-15-22(17-23,19-13-9-6-10-14-19)20(16-21(25)24(2)3)18-11-7-5-8-12-18/h4-14,20H,1,15-16H2,2-3H3/t20-,22-/m1/s1. The summed E-state index contributed by atoms with van der Waals surface area (Å²) in [6.45, 7) is 3.86. The molecule has 0 saturated heterocycles. The number of hydrogen-bond donors (Lipinski definition) is 0. The van der Waals surface area contributed by atoms with Crippen LogP contribution in [-0.4, -0.2) is 24.9 Å². The molecule has 2 atom stereocenters. The molecule has 2 aromatic carbocycles. The topological polar surface area (TPSA) is 44.1 Å². The minimum atomic E-state index is -0.837. The van der Waals surface area contributed by atoms with Gasteiger partial charge in [-0.1, -0.05) is 66.7 Å². The third kappa shape index (κ3) is 3.97. The van der Waals surface area contributed by atoms with Crippen LogP contribution in [0.2, 0.25) is 0 Å². The quantitative estimate of drug-likeness (QED) is 0.710. The Bertz CT molecular complexity index is 747. The van der Waals surface area contributed by atoms with E-state index in [-0.39, 0.29) is 18.2 Å². The van der Waals surface area contributed by atoms with E-state index >= 15 is 0 Å². The number of nitrogens with zero attached hydrogens (tertiary/aromatic N) is 2. The minimum absolute atomic E-state index is 0.00784. The number of carbonyl (C=O) groups excluding carboxylic acids is 1. The van der Waals surface area contributed by atoms with E-state index in [1.165, 1.54) is 0 Å². The van der Waals surface area contributed by atoms with E-state index in [2.05, 4.69) is 12.6 Å². The zero-order chi connectivity index (χ0) is 18.3. The van der Waals surface area contributed by atoms with Gasteiger partial charge in [0.05, 0.1) is 11.5 Å². The molecule has 25 heavy (non-hydrogen) atoms. The zero-order valence-corrected chi connectivity index (χ0v) is 14.9. The summed E-state index contributed by atoms with van der Waals surface area (Å²) in [7, 11) is 3.49. The molecule has 2 aromatic rings. The van der Waals surface area contributed by atoms with Gasteiger partial charge in [0.1, 0.15) is 0 Å². The van der Waals surface area contributed by atoms with Crippen LogP contribution in [0, 0.1) is 11.3 Å². The van der Waals surface area contributed by atoms with E-state index in [1.54, 1.807) is 25.1 Å². The Morgan fingerprint density at radius 2 is 1.72 bits per heavy atom. The maximum atomic E-state index is 12.5. The van der Waals surface area contributed by atoms with Gasteiger partial charge in [0.25, 0.3) is 0 Å². The summed E-state index contributed by atoms with van der Waals surface area (Å²) >= 11 is 0. The highest BCUT2D eigenvalue weighted by Gasteiger charge is 2.42. The van der Waals surface area contributed by atoms with Crippen molar-refractivity contribution in [1.29, 1.82) is 5.26 Å². The SMILES string of the molecule is C=CC[C@@](C#N)(c1ccccc1)[C@H](CC(=O)N(C)C)c1ccccc1. The van der Waals surface area contributed by atoms with Gasteiger partial charge in [0.15, 0.2) is 0 Å². The van der Waals surface area contributed by atoms with Gasteiger partial charge in [-0.25, -0.2) is 0 Å². The Balaban J connectivity index is 2.63. The van der Waals surface area contributed by atoms with Gasteiger partial charge >= 0.3 is 0 Å². The maximum Gasteiger partial charge on any atom is 0.222 e. The summed E-state index contributed by atoms with van der Waals surface area (Å²) in [5.74, 6) is -0.248. The average molecular weight is 332 g/mol. The van der Waals surface area contributed by atoms with Crippen molar-refractivity contribution in [2.75, 3.05) is 14.1 Å². The Morgan fingerprint density at radius 1 is 1.16 bits per heavy atom. The van der Waals surface area contributed by atoms with Gasteiger partial charge in [-0.2, -0.15) is 5.26 Å². The molecule has 0 fully saturated rings. The second-order valence-corrected chi connectivity index (χ2v) is 6.40. The molecule has 0 heterocycles. The molecular formula is C22H24N2O. The van der Waals surface area contributed by atoms with Crippen molar-refractivity contribution < 1.29 is 4.79 Å².